The van der Waals surface area contributed by atoms with Gasteiger partial charge in [-0.15, -0.1) is 0 Å². The number of anilines is 1. The van der Waals surface area contributed by atoms with Crippen molar-refractivity contribution in [3.8, 4) is 5.75 Å². The van der Waals surface area contributed by atoms with Crippen molar-refractivity contribution in [1.82, 2.24) is 5.32 Å². The lowest BCUT2D eigenvalue weighted by molar-refractivity contribution is 0.0974. The highest BCUT2D eigenvalue weighted by Crippen LogP contribution is 2.26. The molecule has 1 amide bonds. The van der Waals surface area contributed by atoms with E-state index in [0.717, 1.165) is 16.6 Å². The molecular weight excluding hydrogens is 400 g/mol. The summed E-state index contributed by atoms with van der Waals surface area (Å²) in [4.78, 5) is 12.5. The van der Waals surface area contributed by atoms with E-state index in [0.29, 0.717) is 17.2 Å². The third kappa shape index (κ3) is 5.03. The predicted octanol–water partition coefficient (Wildman–Crippen LogP) is 5.10. The molecule has 25 heavy (non-hydrogen) atoms. The van der Waals surface area contributed by atoms with Crippen LogP contribution in [0.25, 0.3) is 0 Å². The summed E-state index contributed by atoms with van der Waals surface area (Å²) in [5.41, 5.74) is 2.49. The van der Waals surface area contributed by atoms with Crippen molar-refractivity contribution in [3.05, 3.63) is 58.1 Å². The van der Waals surface area contributed by atoms with Crippen LogP contribution in [0.5, 0.6) is 5.75 Å². The number of benzene rings is 2. The molecular formula is C19H21BrN2O2S. The molecule has 2 N–H and O–H groups in total. The van der Waals surface area contributed by atoms with Crippen LogP contribution < -0.4 is 15.4 Å². The van der Waals surface area contributed by atoms with Crippen molar-refractivity contribution in [2.75, 3.05) is 12.4 Å². The monoisotopic (exact) mass is 420 g/mol. The Morgan fingerprint density at radius 1 is 1.28 bits per heavy atom. The predicted molar refractivity (Wildman–Crippen MR) is 110 cm³/mol. The maximum atomic E-state index is 12.5. The Kier molecular flexibility index (Phi) is 6.96. The highest BCUT2D eigenvalue weighted by molar-refractivity contribution is 9.10. The first kappa shape index (κ1) is 19.4. The minimum absolute atomic E-state index is 0.253. The largest absolute Gasteiger partial charge is 0.496 e. The Morgan fingerprint density at radius 3 is 2.68 bits per heavy atom. The number of amides is 1. The number of halogens is 1. The molecule has 132 valence electrons. The number of carbonyl (C=O) groups excluding carboxylic acids is 1. The smallest absolute Gasteiger partial charge is 0.261 e. The average molecular weight is 421 g/mol. The first-order valence-corrected chi connectivity index (χ1v) is 9.21. The van der Waals surface area contributed by atoms with Gasteiger partial charge in [-0.2, -0.15) is 0 Å². The Balaban J connectivity index is 2.14. The molecule has 0 saturated heterocycles. The standard InChI is InChI=1S/C19H21BrN2O2S/c1-4-12(2)14-7-5-6-8-16(14)21-19(25)22-18(23)15-11-13(20)9-10-17(15)24-3/h5-12H,4H2,1-3H3,(H2,21,22,23,25)/t12-/m0/s1. The Hall–Kier alpha value is -1.92. The number of methoxy groups -OCH3 is 1. The van der Waals surface area contributed by atoms with Crippen LogP contribution >= 0.6 is 28.1 Å². The average Bonchev–Trinajstić information content (AvgIpc) is 2.61. The number of thiocarbonyl (C=S) groups is 1. The number of hydrogen-bond acceptors (Lipinski definition) is 3. The van der Waals surface area contributed by atoms with E-state index in [1.165, 1.54) is 12.7 Å². The van der Waals surface area contributed by atoms with Gasteiger partial charge in [0.25, 0.3) is 5.91 Å². The van der Waals surface area contributed by atoms with E-state index in [-0.39, 0.29) is 11.0 Å². The zero-order valence-electron chi connectivity index (χ0n) is 14.4. The molecule has 0 bridgehead atoms. The molecule has 0 unspecified atom stereocenters. The maximum Gasteiger partial charge on any atom is 0.261 e. The van der Waals surface area contributed by atoms with Gasteiger partial charge in [0.05, 0.1) is 12.7 Å². The SMILES string of the molecule is CC[C@H](C)c1ccccc1NC(=S)NC(=O)c1cc(Br)ccc1OC. The summed E-state index contributed by atoms with van der Waals surface area (Å²) in [6, 6.07) is 13.2. The van der Waals surface area contributed by atoms with Gasteiger partial charge in [0.2, 0.25) is 0 Å². The van der Waals surface area contributed by atoms with Crippen LogP contribution in [0.3, 0.4) is 0 Å². The molecule has 4 nitrogen and oxygen atoms in total. The molecule has 0 heterocycles. The van der Waals surface area contributed by atoms with Crippen LogP contribution in [-0.2, 0) is 0 Å². The number of ether oxygens (including phenoxy) is 1. The van der Waals surface area contributed by atoms with Crippen molar-refractivity contribution in [1.29, 1.82) is 0 Å². The van der Waals surface area contributed by atoms with Gasteiger partial charge < -0.3 is 10.1 Å². The van der Waals surface area contributed by atoms with E-state index < -0.39 is 0 Å². The van der Waals surface area contributed by atoms with Crippen LogP contribution in [0.4, 0.5) is 5.69 Å². The van der Waals surface area contributed by atoms with Gasteiger partial charge in [-0.05, 0) is 54.4 Å². The van der Waals surface area contributed by atoms with Crippen molar-refractivity contribution in [2.45, 2.75) is 26.2 Å². The third-order valence-electron chi connectivity index (χ3n) is 3.99. The molecule has 0 radical (unpaired) electrons. The molecule has 0 spiro atoms. The minimum Gasteiger partial charge on any atom is -0.496 e. The first-order chi connectivity index (χ1) is 12.0. The van der Waals surface area contributed by atoms with Crippen molar-refractivity contribution < 1.29 is 9.53 Å². The molecule has 0 saturated carbocycles. The topological polar surface area (TPSA) is 50.4 Å². The number of para-hydroxylation sites is 1. The van der Waals surface area contributed by atoms with Crippen molar-refractivity contribution in [2.24, 2.45) is 0 Å². The molecule has 1 atom stereocenters. The van der Waals surface area contributed by atoms with Gasteiger partial charge in [-0.1, -0.05) is 48.0 Å². The molecule has 2 aromatic rings. The normalized spacial score (nSPS) is 11.5. The number of carbonyl (C=O) groups is 1. The van der Waals surface area contributed by atoms with Gasteiger partial charge >= 0.3 is 0 Å². The lowest BCUT2D eigenvalue weighted by atomic mass is 9.97. The van der Waals surface area contributed by atoms with Crippen LogP contribution in [0, 0.1) is 0 Å². The fourth-order valence-electron chi connectivity index (χ4n) is 2.44. The first-order valence-electron chi connectivity index (χ1n) is 8.01. The number of nitrogens with one attached hydrogen (secondary N) is 2. The number of rotatable bonds is 5. The Labute approximate surface area is 162 Å². The molecule has 6 heteroatoms. The third-order valence-corrected chi connectivity index (χ3v) is 4.68. The molecule has 0 fully saturated rings. The Morgan fingerprint density at radius 2 is 2.00 bits per heavy atom. The zero-order chi connectivity index (χ0) is 18.4. The van der Waals surface area contributed by atoms with E-state index in [9.17, 15) is 4.79 Å². The highest BCUT2D eigenvalue weighted by Gasteiger charge is 2.15. The Bertz CT molecular complexity index is 780. The van der Waals surface area contributed by atoms with Crippen LogP contribution in [0.2, 0.25) is 0 Å². The molecule has 2 aromatic carbocycles. The van der Waals surface area contributed by atoms with E-state index in [4.69, 9.17) is 17.0 Å². The van der Waals surface area contributed by atoms with E-state index in [1.807, 2.05) is 24.3 Å². The van der Waals surface area contributed by atoms with Crippen molar-refractivity contribution >= 4 is 44.9 Å². The fraction of sp³-hybridized carbons (Fsp3) is 0.263. The lowest BCUT2D eigenvalue weighted by Crippen LogP contribution is -2.34. The van der Waals surface area contributed by atoms with Crippen molar-refractivity contribution in [3.63, 3.8) is 0 Å². The molecule has 0 aromatic heterocycles. The molecule has 0 aliphatic carbocycles. The summed E-state index contributed by atoms with van der Waals surface area (Å²) < 4.78 is 6.03. The lowest BCUT2D eigenvalue weighted by Gasteiger charge is -2.17. The van der Waals surface area contributed by atoms with Gasteiger partial charge in [0.15, 0.2) is 5.11 Å². The van der Waals surface area contributed by atoms with Crippen LogP contribution in [0.1, 0.15) is 42.1 Å². The van der Waals surface area contributed by atoms with E-state index in [1.54, 1.807) is 12.1 Å². The summed E-state index contributed by atoms with van der Waals surface area (Å²) in [7, 11) is 1.53. The van der Waals surface area contributed by atoms with Gasteiger partial charge in [-0.3, -0.25) is 10.1 Å². The molecule has 2 rings (SSSR count). The molecule has 0 aliphatic heterocycles. The summed E-state index contributed by atoms with van der Waals surface area (Å²) in [5.74, 6) is 0.563. The minimum atomic E-state index is -0.323. The van der Waals surface area contributed by atoms with Gasteiger partial charge in [-0.25, -0.2) is 0 Å². The zero-order valence-corrected chi connectivity index (χ0v) is 16.8. The van der Waals surface area contributed by atoms with Crippen LogP contribution in [-0.4, -0.2) is 18.1 Å². The summed E-state index contributed by atoms with van der Waals surface area (Å²) in [5, 5.41) is 6.09. The van der Waals surface area contributed by atoms with E-state index in [2.05, 4.69) is 46.5 Å². The second-order valence-electron chi connectivity index (χ2n) is 5.65. The summed E-state index contributed by atoms with van der Waals surface area (Å²) >= 11 is 8.67. The highest BCUT2D eigenvalue weighted by atomic mass is 79.9. The van der Waals surface area contributed by atoms with E-state index >= 15 is 0 Å². The summed E-state index contributed by atoms with van der Waals surface area (Å²) in [6.45, 7) is 4.30. The maximum absolute atomic E-state index is 12.5. The molecule has 0 aliphatic rings. The van der Waals surface area contributed by atoms with Crippen LogP contribution in [0.15, 0.2) is 46.9 Å². The summed E-state index contributed by atoms with van der Waals surface area (Å²) in [6.07, 6.45) is 1.02. The van der Waals surface area contributed by atoms with Gasteiger partial charge in [0, 0.05) is 10.2 Å². The van der Waals surface area contributed by atoms with Gasteiger partial charge in [0.1, 0.15) is 5.75 Å². The second kappa shape index (κ2) is 8.97. The number of hydrogen-bond donors (Lipinski definition) is 2. The second-order valence-corrected chi connectivity index (χ2v) is 6.97. The quantitative estimate of drug-likeness (QED) is 0.660. The fourth-order valence-corrected chi connectivity index (χ4v) is 3.01.